The number of hydrogen-bond acceptors (Lipinski definition) is 4. The van der Waals surface area contributed by atoms with Crippen molar-refractivity contribution in [3.05, 3.63) is 53.6 Å². The Balaban J connectivity index is 2.46. The molecule has 0 heterocycles. The van der Waals surface area contributed by atoms with E-state index in [9.17, 15) is 9.90 Å². The second-order valence-corrected chi connectivity index (χ2v) is 3.81. The summed E-state index contributed by atoms with van der Waals surface area (Å²) in [5.74, 6) is -0.0888. The number of phenolic OH excluding ortho intramolecular Hbond substituents is 1. The van der Waals surface area contributed by atoms with Crippen LogP contribution in [0, 0.1) is 0 Å². The smallest absolute Gasteiger partial charge is 0.195 e. The molecule has 0 amide bonds. The molecule has 0 spiro atoms. The van der Waals surface area contributed by atoms with Crippen molar-refractivity contribution in [2.75, 3.05) is 12.8 Å². The van der Waals surface area contributed by atoms with Crippen molar-refractivity contribution in [2.45, 2.75) is 0 Å². The first-order valence-corrected chi connectivity index (χ1v) is 5.39. The molecule has 2 aromatic carbocycles. The number of phenols is 1. The molecule has 0 saturated heterocycles. The van der Waals surface area contributed by atoms with Crippen LogP contribution in [-0.4, -0.2) is 18.0 Å². The van der Waals surface area contributed by atoms with Crippen molar-refractivity contribution < 1.29 is 14.6 Å². The molecule has 0 bridgehead atoms. The predicted molar refractivity (Wildman–Crippen MR) is 68.9 cm³/mol. The van der Waals surface area contributed by atoms with E-state index in [2.05, 4.69) is 0 Å². The topological polar surface area (TPSA) is 72.5 Å². The van der Waals surface area contributed by atoms with Gasteiger partial charge in [-0.25, -0.2) is 0 Å². The summed E-state index contributed by atoms with van der Waals surface area (Å²) in [4.78, 5) is 12.2. The lowest BCUT2D eigenvalue weighted by Crippen LogP contribution is -2.05. The first kappa shape index (κ1) is 12.0. The van der Waals surface area contributed by atoms with Crippen LogP contribution in [0.3, 0.4) is 0 Å². The summed E-state index contributed by atoms with van der Waals surface area (Å²) in [6.45, 7) is 0. The van der Waals surface area contributed by atoms with E-state index in [0.717, 1.165) is 0 Å². The fourth-order valence-corrected chi connectivity index (χ4v) is 1.69. The Hall–Kier alpha value is -2.49. The largest absolute Gasteiger partial charge is 0.504 e. The number of hydrogen-bond donors (Lipinski definition) is 2. The van der Waals surface area contributed by atoms with Crippen LogP contribution in [-0.2, 0) is 0 Å². The molecule has 2 aromatic rings. The molecule has 0 aromatic heterocycles. The highest BCUT2D eigenvalue weighted by atomic mass is 16.5. The maximum absolute atomic E-state index is 12.2. The van der Waals surface area contributed by atoms with Gasteiger partial charge < -0.3 is 15.6 Å². The number of carbonyl (C=O) groups excluding carboxylic acids is 1. The van der Waals surface area contributed by atoms with Gasteiger partial charge in [0, 0.05) is 22.9 Å². The van der Waals surface area contributed by atoms with Crippen LogP contribution in [0.2, 0.25) is 0 Å². The molecule has 0 atom stereocenters. The minimum absolute atomic E-state index is 0.106. The number of carbonyl (C=O) groups is 1. The lowest BCUT2D eigenvalue weighted by molar-refractivity contribution is 0.103. The Kier molecular flexibility index (Phi) is 3.19. The highest BCUT2D eigenvalue weighted by Crippen LogP contribution is 2.31. The Bertz CT molecular complexity index is 579. The molecule has 3 N–H and O–H groups in total. The molecule has 0 unspecified atom stereocenters. The predicted octanol–water partition coefficient (Wildman–Crippen LogP) is 2.21. The molecule has 0 radical (unpaired) electrons. The van der Waals surface area contributed by atoms with Crippen LogP contribution in [0.25, 0.3) is 0 Å². The van der Waals surface area contributed by atoms with E-state index in [-0.39, 0.29) is 28.5 Å². The zero-order valence-corrected chi connectivity index (χ0v) is 9.88. The average Bonchev–Trinajstić information content (AvgIpc) is 2.41. The third-order valence-electron chi connectivity index (χ3n) is 2.63. The molecule has 92 valence electrons. The van der Waals surface area contributed by atoms with Gasteiger partial charge in [-0.3, -0.25) is 4.79 Å². The summed E-state index contributed by atoms with van der Waals surface area (Å²) in [5, 5.41) is 9.68. The number of rotatable bonds is 3. The molecule has 18 heavy (non-hydrogen) atoms. The van der Waals surface area contributed by atoms with Crippen LogP contribution < -0.4 is 10.5 Å². The maximum atomic E-state index is 12.2. The first-order valence-electron chi connectivity index (χ1n) is 5.39. The fraction of sp³-hybridized carbons (Fsp3) is 0.0714. The number of anilines is 1. The molecule has 0 aliphatic rings. The Morgan fingerprint density at radius 3 is 2.50 bits per heavy atom. The van der Waals surface area contributed by atoms with Crippen molar-refractivity contribution >= 4 is 11.5 Å². The third-order valence-corrected chi connectivity index (χ3v) is 2.63. The quantitative estimate of drug-likeness (QED) is 0.492. The number of ether oxygens (including phenoxy) is 1. The number of methoxy groups -OCH3 is 1. The lowest BCUT2D eigenvalue weighted by Gasteiger charge is -2.09. The Labute approximate surface area is 105 Å². The third kappa shape index (κ3) is 2.13. The van der Waals surface area contributed by atoms with E-state index in [1.165, 1.54) is 19.2 Å². The summed E-state index contributed by atoms with van der Waals surface area (Å²) in [6.07, 6.45) is 0. The van der Waals surface area contributed by atoms with Gasteiger partial charge in [0.25, 0.3) is 0 Å². The fourth-order valence-electron chi connectivity index (χ4n) is 1.69. The van der Waals surface area contributed by atoms with Crippen molar-refractivity contribution in [1.82, 2.24) is 0 Å². The zero-order valence-electron chi connectivity index (χ0n) is 9.88. The molecule has 0 aliphatic carbocycles. The number of nitrogen functional groups attached to an aromatic ring is 1. The summed E-state index contributed by atoms with van der Waals surface area (Å²) < 4.78 is 4.92. The molecule has 0 fully saturated rings. The molecular weight excluding hydrogens is 230 g/mol. The van der Waals surface area contributed by atoms with E-state index in [4.69, 9.17) is 10.5 Å². The van der Waals surface area contributed by atoms with Gasteiger partial charge in [-0.05, 0) is 6.07 Å². The van der Waals surface area contributed by atoms with Gasteiger partial charge in [0.05, 0.1) is 7.11 Å². The van der Waals surface area contributed by atoms with E-state index < -0.39 is 0 Å². The summed E-state index contributed by atoms with van der Waals surface area (Å²) in [7, 11) is 1.42. The minimum Gasteiger partial charge on any atom is -0.504 e. The van der Waals surface area contributed by atoms with Crippen LogP contribution >= 0.6 is 0 Å². The van der Waals surface area contributed by atoms with Crippen molar-refractivity contribution in [3.8, 4) is 11.5 Å². The summed E-state index contributed by atoms with van der Waals surface area (Å²) >= 11 is 0. The highest BCUT2D eigenvalue weighted by molar-refractivity contribution is 6.12. The number of aromatic hydroxyl groups is 1. The Morgan fingerprint density at radius 2 is 1.89 bits per heavy atom. The number of ketones is 1. The van der Waals surface area contributed by atoms with Crippen LogP contribution in [0.1, 0.15) is 15.9 Å². The second-order valence-electron chi connectivity index (χ2n) is 3.81. The van der Waals surface area contributed by atoms with Gasteiger partial charge in [0.2, 0.25) is 0 Å². The van der Waals surface area contributed by atoms with Crippen molar-refractivity contribution in [2.24, 2.45) is 0 Å². The molecular formula is C14H13NO3. The highest BCUT2D eigenvalue weighted by Gasteiger charge is 2.15. The van der Waals surface area contributed by atoms with Gasteiger partial charge in [-0.1, -0.05) is 30.3 Å². The standard InChI is InChI=1S/C14H13NO3/c1-18-13-8-11(15)10(7-12(13)16)14(17)9-5-3-2-4-6-9/h2-8,16H,15H2,1H3. The van der Waals surface area contributed by atoms with Crippen LogP contribution in [0.4, 0.5) is 5.69 Å². The average molecular weight is 243 g/mol. The van der Waals surface area contributed by atoms with E-state index in [1.807, 2.05) is 6.07 Å². The van der Waals surface area contributed by atoms with Gasteiger partial charge >= 0.3 is 0 Å². The SMILES string of the molecule is COc1cc(N)c(C(=O)c2ccccc2)cc1O. The molecule has 2 rings (SSSR count). The normalized spacial score (nSPS) is 10.1. The number of benzene rings is 2. The van der Waals surface area contributed by atoms with Crippen LogP contribution in [0.15, 0.2) is 42.5 Å². The summed E-state index contributed by atoms with van der Waals surface area (Å²) in [5.41, 5.74) is 6.85. The van der Waals surface area contributed by atoms with Gasteiger partial charge in [0.1, 0.15) is 0 Å². The minimum atomic E-state index is -0.231. The van der Waals surface area contributed by atoms with Crippen molar-refractivity contribution in [3.63, 3.8) is 0 Å². The van der Waals surface area contributed by atoms with Crippen LogP contribution in [0.5, 0.6) is 11.5 Å². The van der Waals surface area contributed by atoms with Gasteiger partial charge in [-0.15, -0.1) is 0 Å². The van der Waals surface area contributed by atoms with E-state index >= 15 is 0 Å². The molecule has 0 aliphatic heterocycles. The second kappa shape index (κ2) is 4.79. The monoisotopic (exact) mass is 243 g/mol. The first-order chi connectivity index (χ1) is 8.63. The zero-order chi connectivity index (χ0) is 13.1. The number of nitrogens with two attached hydrogens (primary N) is 1. The molecule has 4 nitrogen and oxygen atoms in total. The molecule has 4 heteroatoms. The van der Waals surface area contributed by atoms with E-state index in [1.54, 1.807) is 24.3 Å². The lowest BCUT2D eigenvalue weighted by atomic mass is 10.0. The summed E-state index contributed by atoms with van der Waals surface area (Å²) in [6, 6.07) is 11.5. The van der Waals surface area contributed by atoms with Gasteiger partial charge in [0.15, 0.2) is 17.3 Å². The van der Waals surface area contributed by atoms with Gasteiger partial charge in [-0.2, -0.15) is 0 Å². The molecule has 0 saturated carbocycles. The Morgan fingerprint density at radius 1 is 1.22 bits per heavy atom. The van der Waals surface area contributed by atoms with Crippen molar-refractivity contribution in [1.29, 1.82) is 0 Å². The van der Waals surface area contributed by atoms with E-state index in [0.29, 0.717) is 5.56 Å². The maximum Gasteiger partial charge on any atom is 0.195 e.